The predicted molar refractivity (Wildman–Crippen MR) is 172 cm³/mol. The lowest BCUT2D eigenvalue weighted by Gasteiger charge is -2.72. The maximum Gasteiger partial charge on any atom is 0.309 e. The lowest BCUT2D eigenvalue weighted by Crippen LogP contribution is -2.66. The van der Waals surface area contributed by atoms with Crippen molar-refractivity contribution in [3.05, 3.63) is 39.9 Å². The van der Waals surface area contributed by atoms with Crippen LogP contribution >= 0.6 is 0 Å². The number of fused-ring (bicyclic) bond motifs is 7. The van der Waals surface area contributed by atoms with Crippen molar-refractivity contribution < 1.29 is 19.7 Å². The van der Waals surface area contributed by atoms with Gasteiger partial charge in [-0.25, -0.2) is 0 Å². The minimum Gasteiger partial charge on any atom is -0.481 e. The number of carbonyl (C=O) groups is 1. The number of nitro groups is 1. The monoisotopic (exact) mass is 606 g/mol. The van der Waals surface area contributed by atoms with Crippen molar-refractivity contribution in [2.75, 3.05) is 0 Å². The highest BCUT2D eigenvalue weighted by molar-refractivity contribution is 5.90. The van der Waals surface area contributed by atoms with Crippen LogP contribution in [-0.4, -0.2) is 21.7 Å². The van der Waals surface area contributed by atoms with Gasteiger partial charge in [0.1, 0.15) is 6.61 Å². The summed E-state index contributed by atoms with van der Waals surface area (Å²) in [6.07, 6.45) is 10.6. The van der Waals surface area contributed by atoms with E-state index in [2.05, 4.69) is 48.5 Å². The number of non-ortho nitro benzene ring substituents is 1. The van der Waals surface area contributed by atoms with Crippen LogP contribution in [0.25, 0.3) is 0 Å². The number of hydrogen-bond acceptors (Lipinski definition) is 5. The van der Waals surface area contributed by atoms with Crippen molar-refractivity contribution >= 4 is 17.4 Å². The highest BCUT2D eigenvalue weighted by atomic mass is 16.6. The molecule has 0 aromatic heterocycles. The number of carboxylic acid groups (broad SMARTS) is 1. The second-order valence-corrected chi connectivity index (χ2v) is 17.1. The Morgan fingerprint density at radius 2 is 1.66 bits per heavy atom. The number of aliphatic carboxylic acids is 1. The van der Waals surface area contributed by atoms with Crippen LogP contribution < -0.4 is 0 Å². The van der Waals surface area contributed by atoms with E-state index in [0.29, 0.717) is 42.1 Å². The van der Waals surface area contributed by atoms with Gasteiger partial charge in [-0.3, -0.25) is 14.9 Å². The van der Waals surface area contributed by atoms with Gasteiger partial charge >= 0.3 is 5.97 Å². The van der Waals surface area contributed by atoms with Crippen molar-refractivity contribution in [2.45, 2.75) is 119 Å². The van der Waals surface area contributed by atoms with Gasteiger partial charge in [-0.05, 0) is 134 Å². The van der Waals surface area contributed by atoms with E-state index in [0.717, 1.165) is 49.8 Å². The number of hydrogen-bond donors (Lipinski definition) is 1. The third kappa shape index (κ3) is 4.33. The predicted octanol–water partition coefficient (Wildman–Crippen LogP) is 9.29. The lowest BCUT2D eigenvalue weighted by molar-refractivity contribution is -0.384. The standard InChI is InChI=1S/C37H54N2O5/c1-23(2)26-14-19-37(32(40)41)21-20-35(6)27(31(26)37)12-13-29-34(5)17-16-30(33(3,4)28(34)15-18-36(29,35)7)38-44-22-24-8-10-25(11-9-24)39(42)43/h8-11,23,26-29,31H,12-22H2,1-7H3,(H,40,41)/b38-30-/t26-,27-,28+,29-,31-,34+,35-,36-,37+/m1/s1. The van der Waals surface area contributed by atoms with Gasteiger partial charge in [0.2, 0.25) is 0 Å². The quantitative estimate of drug-likeness (QED) is 0.257. The summed E-state index contributed by atoms with van der Waals surface area (Å²) in [5, 5.41) is 26.4. The molecule has 1 aromatic rings. The Labute approximate surface area is 263 Å². The first kappa shape index (κ1) is 31.5. The average Bonchev–Trinajstić information content (AvgIpc) is 3.36. The van der Waals surface area contributed by atoms with E-state index in [1.807, 2.05) is 0 Å². The first-order valence-corrected chi connectivity index (χ1v) is 17.3. The molecule has 0 spiro atoms. The molecule has 0 saturated heterocycles. The molecule has 0 amide bonds. The van der Waals surface area contributed by atoms with E-state index in [1.54, 1.807) is 12.1 Å². The van der Waals surface area contributed by atoms with Crippen molar-refractivity contribution in [1.82, 2.24) is 0 Å². The van der Waals surface area contributed by atoms with Gasteiger partial charge in [0, 0.05) is 17.5 Å². The maximum atomic E-state index is 13.0. The molecule has 5 fully saturated rings. The summed E-state index contributed by atoms with van der Waals surface area (Å²) in [4.78, 5) is 29.4. The normalized spacial score (nSPS) is 43.5. The Morgan fingerprint density at radius 3 is 2.30 bits per heavy atom. The molecule has 7 nitrogen and oxygen atoms in total. The van der Waals surface area contributed by atoms with Crippen molar-refractivity contribution in [3.63, 3.8) is 0 Å². The van der Waals surface area contributed by atoms with Gasteiger partial charge < -0.3 is 9.94 Å². The molecule has 5 aliphatic carbocycles. The van der Waals surface area contributed by atoms with Gasteiger partial charge in [0.25, 0.3) is 5.69 Å². The molecule has 1 aromatic carbocycles. The average molecular weight is 607 g/mol. The molecular formula is C37H54N2O5. The van der Waals surface area contributed by atoms with E-state index in [9.17, 15) is 20.0 Å². The highest BCUT2D eigenvalue weighted by Gasteiger charge is 2.72. The van der Waals surface area contributed by atoms with E-state index in [-0.39, 0.29) is 32.3 Å². The number of nitro benzene ring substituents is 1. The van der Waals surface area contributed by atoms with Gasteiger partial charge in [0.15, 0.2) is 0 Å². The molecule has 0 heterocycles. The fourth-order valence-electron chi connectivity index (χ4n) is 12.6. The van der Waals surface area contributed by atoms with Crippen LogP contribution in [0.2, 0.25) is 0 Å². The molecule has 1 N–H and O–H groups in total. The molecule has 5 saturated carbocycles. The molecule has 0 radical (unpaired) electrons. The summed E-state index contributed by atoms with van der Waals surface area (Å²) in [7, 11) is 0. The van der Waals surface area contributed by atoms with Gasteiger partial charge in [-0.2, -0.15) is 0 Å². The fraction of sp³-hybridized carbons (Fsp3) is 0.784. The topological polar surface area (TPSA) is 102 Å². The molecule has 242 valence electrons. The fourth-order valence-corrected chi connectivity index (χ4v) is 12.6. The van der Waals surface area contributed by atoms with Crippen LogP contribution in [0.4, 0.5) is 5.69 Å². The second kappa shape index (κ2) is 10.6. The molecule has 0 bridgehead atoms. The third-order valence-electron chi connectivity index (χ3n) is 15.1. The molecule has 5 aliphatic rings. The third-order valence-corrected chi connectivity index (χ3v) is 15.1. The van der Waals surface area contributed by atoms with Crippen LogP contribution in [0.15, 0.2) is 29.4 Å². The van der Waals surface area contributed by atoms with Crippen LogP contribution in [0, 0.1) is 72.7 Å². The summed E-state index contributed by atoms with van der Waals surface area (Å²) in [6, 6.07) is 6.50. The Bertz CT molecular complexity index is 1340. The van der Waals surface area contributed by atoms with Gasteiger partial charge in [-0.15, -0.1) is 0 Å². The van der Waals surface area contributed by atoms with Crippen molar-refractivity contribution in [3.8, 4) is 0 Å². The number of oxime groups is 1. The van der Waals surface area contributed by atoms with Gasteiger partial charge in [-0.1, -0.05) is 53.6 Å². The SMILES string of the molecule is CC(C)[C@H]1CC[C@]2(C(=O)O)CC[C@]3(C)[C@H](CC[C@@H]4[C@@]5(C)CC/C(=N/OCc6ccc([N+](=O)[O-])cc6)C(C)(C)[C@@H]5CC[C@]43C)[C@@H]12. The van der Waals surface area contributed by atoms with E-state index >= 15 is 0 Å². The molecule has 7 heteroatoms. The van der Waals surface area contributed by atoms with Gasteiger partial charge in [0.05, 0.1) is 16.0 Å². The summed E-state index contributed by atoms with van der Waals surface area (Å²) >= 11 is 0. The molecule has 44 heavy (non-hydrogen) atoms. The lowest BCUT2D eigenvalue weighted by atomic mass is 9.32. The Morgan fingerprint density at radius 1 is 0.955 bits per heavy atom. The summed E-state index contributed by atoms with van der Waals surface area (Å²) in [5.74, 6) is 2.45. The van der Waals surface area contributed by atoms with Crippen LogP contribution in [0.3, 0.4) is 0 Å². The Balaban J connectivity index is 1.24. The molecular weight excluding hydrogens is 552 g/mol. The minimum atomic E-state index is -0.521. The first-order valence-electron chi connectivity index (χ1n) is 17.3. The number of rotatable bonds is 6. The van der Waals surface area contributed by atoms with Crippen molar-refractivity contribution in [1.29, 1.82) is 0 Å². The second-order valence-electron chi connectivity index (χ2n) is 17.1. The van der Waals surface area contributed by atoms with E-state index < -0.39 is 11.4 Å². The zero-order valence-corrected chi connectivity index (χ0v) is 28.0. The number of benzene rings is 1. The molecule has 9 atom stereocenters. The van der Waals surface area contributed by atoms with E-state index in [1.165, 1.54) is 37.8 Å². The minimum absolute atomic E-state index is 0.0809. The number of carboxylic acids is 1. The van der Waals surface area contributed by atoms with Crippen molar-refractivity contribution in [2.24, 2.45) is 67.7 Å². The Hall–Kier alpha value is -2.44. The summed E-state index contributed by atoms with van der Waals surface area (Å²) in [5.41, 5.74) is 2.06. The highest BCUT2D eigenvalue weighted by Crippen LogP contribution is 2.77. The zero-order chi connectivity index (χ0) is 31.9. The Kier molecular flexibility index (Phi) is 7.56. The first-order chi connectivity index (χ1) is 20.6. The molecule has 0 unspecified atom stereocenters. The summed E-state index contributed by atoms with van der Waals surface area (Å²) < 4.78 is 0. The van der Waals surface area contributed by atoms with Crippen LogP contribution in [0.5, 0.6) is 0 Å². The van der Waals surface area contributed by atoms with E-state index in [4.69, 9.17) is 9.99 Å². The van der Waals surface area contributed by atoms with Crippen LogP contribution in [0.1, 0.15) is 118 Å². The number of nitrogens with zero attached hydrogens (tertiary/aromatic N) is 2. The summed E-state index contributed by atoms with van der Waals surface area (Å²) in [6.45, 7) is 17.5. The largest absolute Gasteiger partial charge is 0.481 e. The zero-order valence-electron chi connectivity index (χ0n) is 28.0. The molecule has 0 aliphatic heterocycles. The smallest absolute Gasteiger partial charge is 0.309 e. The van der Waals surface area contributed by atoms with Crippen LogP contribution in [-0.2, 0) is 16.2 Å². The maximum absolute atomic E-state index is 13.0. The molecule has 6 rings (SSSR count).